The van der Waals surface area contributed by atoms with Crippen LogP contribution >= 0.6 is 22.6 Å². The van der Waals surface area contributed by atoms with Crippen LogP contribution in [0, 0.1) is 16.4 Å². The Kier molecular flexibility index (Phi) is 4.53. The van der Waals surface area contributed by atoms with Gasteiger partial charge in [-0.05, 0) is 42.4 Å². The number of hydrogen-bond acceptors (Lipinski definition) is 3. The van der Waals surface area contributed by atoms with Crippen molar-refractivity contribution in [3.8, 4) is 0 Å². The van der Waals surface area contributed by atoms with Gasteiger partial charge in [0.25, 0.3) is 5.56 Å². The fraction of sp³-hybridized carbons (Fsp3) is 0.615. The molecule has 1 aliphatic rings. The van der Waals surface area contributed by atoms with E-state index in [0.29, 0.717) is 9.39 Å². The van der Waals surface area contributed by atoms with Gasteiger partial charge in [0.1, 0.15) is 5.82 Å². The van der Waals surface area contributed by atoms with E-state index in [9.17, 15) is 9.59 Å². The topological polar surface area (TPSA) is 52.0 Å². The van der Waals surface area contributed by atoms with Crippen LogP contribution < -0.4 is 5.56 Å². The largest absolute Gasteiger partial charge is 0.297 e. The maximum absolute atomic E-state index is 12.2. The van der Waals surface area contributed by atoms with Gasteiger partial charge in [-0.1, -0.05) is 19.3 Å². The van der Waals surface area contributed by atoms with Gasteiger partial charge in [-0.2, -0.15) is 0 Å². The highest BCUT2D eigenvalue weighted by Gasteiger charge is 2.22. The number of halogens is 1. The number of carbonyl (C=O) groups excluding carboxylic acids is 1. The van der Waals surface area contributed by atoms with Gasteiger partial charge in [0.15, 0.2) is 5.78 Å². The van der Waals surface area contributed by atoms with Crippen LogP contribution in [0.25, 0.3) is 0 Å². The van der Waals surface area contributed by atoms with Crippen molar-refractivity contribution in [3.63, 3.8) is 0 Å². The SMILES string of the molecule is Cc1ncc(I)c(=O)n1CC(=O)C1CCCCC1. The van der Waals surface area contributed by atoms with Crippen LogP contribution in [0.15, 0.2) is 11.0 Å². The fourth-order valence-corrected chi connectivity index (χ4v) is 2.88. The van der Waals surface area contributed by atoms with Crippen LogP contribution in [0.3, 0.4) is 0 Å². The molecule has 5 heteroatoms. The molecule has 0 aliphatic heterocycles. The zero-order valence-corrected chi connectivity index (χ0v) is 12.6. The Morgan fingerprint density at radius 2 is 2.11 bits per heavy atom. The molecular formula is C13H17IN2O2. The molecule has 18 heavy (non-hydrogen) atoms. The van der Waals surface area contributed by atoms with Crippen LogP contribution in [0.5, 0.6) is 0 Å². The number of carbonyl (C=O) groups is 1. The highest BCUT2D eigenvalue weighted by Crippen LogP contribution is 2.24. The molecule has 1 heterocycles. The quantitative estimate of drug-likeness (QED) is 0.778. The second-order valence-corrected chi connectivity index (χ2v) is 6.01. The number of rotatable bonds is 3. The summed E-state index contributed by atoms with van der Waals surface area (Å²) in [5.74, 6) is 0.941. The summed E-state index contributed by atoms with van der Waals surface area (Å²) in [6.07, 6.45) is 7.01. The molecule has 1 aliphatic carbocycles. The average molecular weight is 360 g/mol. The van der Waals surface area contributed by atoms with Crippen LogP contribution in [0.1, 0.15) is 37.9 Å². The summed E-state index contributed by atoms with van der Waals surface area (Å²) < 4.78 is 2.06. The number of hydrogen-bond donors (Lipinski definition) is 0. The van der Waals surface area contributed by atoms with Crippen molar-refractivity contribution in [2.45, 2.75) is 45.6 Å². The monoisotopic (exact) mass is 360 g/mol. The van der Waals surface area contributed by atoms with E-state index < -0.39 is 0 Å². The third kappa shape index (κ3) is 2.99. The molecule has 98 valence electrons. The molecule has 0 spiro atoms. The molecule has 0 bridgehead atoms. The summed E-state index contributed by atoms with van der Waals surface area (Å²) in [5, 5.41) is 0. The Morgan fingerprint density at radius 1 is 1.44 bits per heavy atom. The van der Waals surface area contributed by atoms with Gasteiger partial charge in [0, 0.05) is 12.1 Å². The van der Waals surface area contributed by atoms with E-state index in [2.05, 4.69) is 4.98 Å². The number of Topliss-reactive ketones (excluding diaryl/α,β-unsaturated/α-hetero) is 1. The maximum atomic E-state index is 12.2. The maximum Gasteiger partial charge on any atom is 0.267 e. The smallest absolute Gasteiger partial charge is 0.267 e. The highest BCUT2D eigenvalue weighted by atomic mass is 127. The van der Waals surface area contributed by atoms with E-state index in [1.807, 2.05) is 22.6 Å². The van der Waals surface area contributed by atoms with Gasteiger partial charge in [-0.25, -0.2) is 4.98 Å². The summed E-state index contributed by atoms with van der Waals surface area (Å²) in [5.41, 5.74) is -0.104. The molecule has 2 rings (SSSR count). The van der Waals surface area contributed by atoms with Crippen LogP contribution in [0.2, 0.25) is 0 Å². The van der Waals surface area contributed by atoms with Crippen molar-refractivity contribution in [2.75, 3.05) is 0 Å². The number of ketones is 1. The first-order valence-electron chi connectivity index (χ1n) is 6.34. The molecule has 1 aromatic rings. The van der Waals surface area contributed by atoms with Gasteiger partial charge in [-0.15, -0.1) is 0 Å². The van der Waals surface area contributed by atoms with Crippen LogP contribution in [-0.4, -0.2) is 15.3 Å². The third-order valence-electron chi connectivity index (χ3n) is 3.58. The van der Waals surface area contributed by atoms with E-state index in [4.69, 9.17) is 0 Å². The molecular weight excluding hydrogens is 343 g/mol. The molecule has 4 nitrogen and oxygen atoms in total. The first-order chi connectivity index (χ1) is 8.59. The minimum absolute atomic E-state index is 0.104. The van der Waals surface area contributed by atoms with Crippen molar-refractivity contribution in [1.29, 1.82) is 0 Å². The van der Waals surface area contributed by atoms with E-state index in [1.165, 1.54) is 11.0 Å². The highest BCUT2D eigenvalue weighted by molar-refractivity contribution is 14.1. The lowest BCUT2D eigenvalue weighted by Crippen LogP contribution is -2.32. The Labute approximate surface area is 120 Å². The Bertz CT molecular complexity index is 504. The van der Waals surface area contributed by atoms with E-state index in [1.54, 1.807) is 13.1 Å². The molecule has 0 N–H and O–H groups in total. The van der Waals surface area contributed by atoms with Crippen molar-refractivity contribution < 1.29 is 4.79 Å². The Morgan fingerprint density at radius 3 is 2.78 bits per heavy atom. The molecule has 1 fully saturated rings. The minimum atomic E-state index is -0.104. The molecule has 0 radical (unpaired) electrons. The predicted octanol–water partition coefficient (Wildman–Crippen LogP) is 2.31. The number of nitrogens with zero attached hydrogens (tertiary/aromatic N) is 2. The first kappa shape index (κ1) is 13.7. The van der Waals surface area contributed by atoms with Gasteiger partial charge < -0.3 is 0 Å². The summed E-state index contributed by atoms with van der Waals surface area (Å²) in [7, 11) is 0. The second-order valence-electron chi connectivity index (χ2n) is 4.85. The first-order valence-corrected chi connectivity index (χ1v) is 7.42. The second kappa shape index (κ2) is 5.95. The summed E-state index contributed by atoms with van der Waals surface area (Å²) in [4.78, 5) is 28.3. The van der Waals surface area contributed by atoms with Gasteiger partial charge in [-0.3, -0.25) is 14.2 Å². The van der Waals surface area contributed by atoms with Crippen LogP contribution in [0.4, 0.5) is 0 Å². The number of aromatic nitrogens is 2. The molecule has 1 aromatic heterocycles. The minimum Gasteiger partial charge on any atom is -0.297 e. The fourth-order valence-electron chi connectivity index (χ4n) is 2.45. The zero-order valence-electron chi connectivity index (χ0n) is 10.5. The third-order valence-corrected chi connectivity index (χ3v) is 4.32. The molecule has 0 saturated heterocycles. The standard InChI is InChI=1S/C13H17IN2O2/c1-9-15-7-11(14)13(18)16(9)8-12(17)10-5-3-2-4-6-10/h7,10H,2-6,8H2,1H3. The van der Waals surface area contributed by atoms with Crippen LogP contribution in [-0.2, 0) is 11.3 Å². The molecule has 0 atom stereocenters. The summed E-state index contributed by atoms with van der Waals surface area (Å²) in [6, 6.07) is 0. The van der Waals surface area contributed by atoms with Crippen molar-refractivity contribution >= 4 is 28.4 Å². The van der Waals surface area contributed by atoms with Gasteiger partial charge in [0.05, 0.1) is 10.1 Å². The summed E-state index contributed by atoms with van der Waals surface area (Å²) >= 11 is 1.96. The Hall–Kier alpha value is -0.720. The molecule has 1 saturated carbocycles. The van der Waals surface area contributed by atoms with Gasteiger partial charge in [0.2, 0.25) is 0 Å². The lowest BCUT2D eigenvalue weighted by Gasteiger charge is -2.21. The van der Waals surface area contributed by atoms with Crippen molar-refractivity contribution in [2.24, 2.45) is 5.92 Å². The Balaban J connectivity index is 2.16. The molecule has 0 unspecified atom stereocenters. The predicted molar refractivity (Wildman–Crippen MR) is 77.5 cm³/mol. The average Bonchev–Trinajstić information content (AvgIpc) is 2.40. The van der Waals surface area contributed by atoms with E-state index in [-0.39, 0.29) is 23.8 Å². The molecule has 0 amide bonds. The van der Waals surface area contributed by atoms with Crippen molar-refractivity contribution in [3.05, 3.63) is 25.9 Å². The lowest BCUT2D eigenvalue weighted by molar-refractivity contribution is -0.124. The van der Waals surface area contributed by atoms with Crippen molar-refractivity contribution in [1.82, 2.24) is 9.55 Å². The van der Waals surface area contributed by atoms with E-state index >= 15 is 0 Å². The van der Waals surface area contributed by atoms with E-state index in [0.717, 1.165) is 25.7 Å². The zero-order chi connectivity index (χ0) is 13.1. The number of aryl methyl sites for hydroxylation is 1. The van der Waals surface area contributed by atoms with Gasteiger partial charge >= 0.3 is 0 Å². The molecule has 0 aromatic carbocycles. The normalized spacial score (nSPS) is 16.8. The summed E-state index contributed by atoms with van der Waals surface area (Å²) in [6.45, 7) is 1.95. The lowest BCUT2D eigenvalue weighted by atomic mass is 9.86.